The maximum Gasteiger partial charge on any atom is 0.313 e. The van der Waals surface area contributed by atoms with Gasteiger partial charge in [0.2, 0.25) is 0 Å². The second-order valence-electron chi connectivity index (χ2n) is 4.08. The van der Waals surface area contributed by atoms with Gasteiger partial charge in [-0.2, -0.15) is 0 Å². The molecule has 0 aliphatic rings. The highest BCUT2D eigenvalue weighted by Gasteiger charge is 2.17. The molecule has 1 aromatic heterocycles. The van der Waals surface area contributed by atoms with Gasteiger partial charge in [0, 0.05) is 29.7 Å². The van der Waals surface area contributed by atoms with Crippen molar-refractivity contribution in [2.24, 2.45) is 7.05 Å². The summed E-state index contributed by atoms with van der Waals surface area (Å²) in [6.07, 6.45) is 1.55. The topological polar surface area (TPSA) is 48.3 Å². The quantitative estimate of drug-likeness (QED) is 0.472. The fourth-order valence-electron chi connectivity index (χ4n) is 2.00. The number of esters is 1. The first-order chi connectivity index (χ1) is 8.63. The van der Waals surface area contributed by atoms with Crippen LogP contribution in [-0.2, 0) is 16.6 Å². The van der Waals surface area contributed by atoms with Gasteiger partial charge in [-0.3, -0.25) is 9.59 Å². The van der Waals surface area contributed by atoms with E-state index in [1.807, 2.05) is 35.9 Å². The van der Waals surface area contributed by atoms with Crippen LogP contribution in [0.4, 0.5) is 0 Å². The number of rotatable bonds is 4. The van der Waals surface area contributed by atoms with Crippen LogP contribution in [0.3, 0.4) is 0 Å². The average molecular weight is 245 g/mol. The molecule has 0 fully saturated rings. The molecule has 0 amide bonds. The largest absolute Gasteiger partial charge is 0.466 e. The molecule has 18 heavy (non-hydrogen) atoms. The van der Waals surface area contributed by atoms with E-state index in [0.29, 0.717) is 12.2 Å². The number of Topliss-reactive ketones (excluding diaryl/α,β-unsaturated/α-hetero) is 1. The highest BCUT2D eigenvalue weighted by molar-refractivity contribution is 6.13. The Labute approximate surface area is 105 Å². The van der Waals surface area contributed by atoms with Gasteiger partial charge >= 0.3 is 5.97 Å². The van der Waals surface area contributed by atoms with E-state index in [9.17, 15) is 9.59 Å². The smallest absolute Gasteiger partial charge is 0.313 e. The van der Waals surface area contributed by atoms with Gasteiger partial charge in [0.25, 0.3) is 0 Å². The zero-order chi connectivity index (χ0) is 13.1. The van der Waals surface area contributed by atoms with Crippen molar-refractivity contribution in [2.75, 3.05) is 6.61 Å². The number of nitrogens with zero attached hydrogens (tertiary/aromatic N) is 1. The second-order valence-corrected chi connectivity index (χ2v) is 4.08. The van der Waals surface area contributed by atoms with Crippen molar-refractivity contribution in [3.63, 3.8) is 0 Å². The van der Waals surface area contributed by atoms with Crippen molar-refractivity contribution in [2.45, 2.75) is 13.3 Å². The summed E-state index contributed by atoms with van der Waals surface area (Å²) in [6, 6.07) is 7.62. The monoisotopic (exact) mass is 245 g/mol. The number of aromatic nitrogens is 1. The molecule has 4 nitrogen and oxygen atoms in total. The van der Waals surface area contributed by atoms with E-state index in [4.69, 9.17) is 4.74 Å². The van der Waals surface area contributed by atoms with Gasteiger partial charge in [-0.1, -0.05) is 18.2 Å². The number of ketones is 1. The molecule has 0 atom stereocenters. The Hall–Kier alpha value is -2.10. The highest BCUT2D eigenvalue weighted by atomic mass is 16.5. The van der Waals surface area contributed by atoms with Gasteiger partial charge in [0.05, 0.1) is 6.61 Å². The van der Waals surface area contributed by atoms with Crippen LogP contribution < -0.4 is 0 Å². The first-order valence-corrected chi connectivity index (χ1v) is 5.86. The van der Waals surface area contributed by atoms with Gasteiger partial charge < -0.3 is 9.30 Å². The maximum absolute atomic E-state index is 12.0. The number of hydrogen-bond donors (Lipinski definition) is 0. The molecule has 0 radical (unpaired) electrons. The summed E-state index contributed by atoms with van der Waals surface area (Å²) in [7, 11) is 1.88. The standard InChI is InChI=1S/C14H15NO3/c1-3-18-14(17)8-13(16)11-9-15(2)12-7-5-4-6-10(11)12/h4-7,9H,3,8H2,1-2H3. The molecular weight excluding hydrogens is 230 g/mol. The van der Waals surface area contributed by atoms with E-state index in [0.717, 1.165) is 10.9 Å². The summed E-state index contributed by atoms with van der Waals surface area (Å²) in [5.41, 5.74) is 1.55. The van der Waals surface area contributed by atoms with E-state index < -0.39 is 5.97 Å². The lowest BCUT2D eigenvalue weighted by Gasteiger charge is -2.00. The fraction of sp³-hybridized carbons (Fsp3) is 0.286. The summed E-state index contributed by atoms with van der Waals surface area (Å²) in [6.45, 7) is 2.02. The van der Waals surface area contributed by atoms with Crippen molar-refractivity contribution >= 4 is 22.7 Å². The Morgan fingerprint density at radius 3 is 2.72 bits per heavy atom. The molecule has 0 bridgehead atoms. The first kappa shape index (κ1) is 12.4. The van der Waals surface area contributed by atoms with E-state index in [1.165, 1.54) is 0 Å². The number of hydrogen-bond acceptors (Lipinski definition) is 3. The predicted molar refractivity (Wildman–Crippen MR) is 68.5 cm³/mol. The average Bonchev–Trinajstić information content (AvgIpc) is 2.68. The third kappa shape index (κ3) is 2.27. The number of ether oxygens (including phenoxy) is 1. The van der Waals surface area contributed by atoms with Crippen LogP contribution in [0, 0.1) is 0 Å². The third-order valence-electron chi connectivity index (χ3n) is 2.81. The third-order valence-corrected chi connectivity index (χ3v) is 2.81. The van der Waals surface area contributed by atoms with Crippen LogP contribution in [0.25, 0.3) is 10.9 Å². The lowest BCUT2D eigenvalue weighted by molar-refractivity contribution is -0.141. The molecule has 1 heterocycles. The Morgan fingerprint density at radius 2 is 2.00 bits per heavy atom. The van der Waals surface area contributed by atoms with Crippen molar-refractivity contribution < 1.29 is 14.3 Å². The number of benzene rings is 1. The van der Waals surface area contributed by atoms with Gasteiger partial charge in [0.15, 0.2) is 5.78 Å². The molecule has 0 N–H and O–H groups in total. The fourth-order valence-corrected chi connectivity index (χ4v) is 2.00. The highest BCUT2D eigenvalue weighted by Crippen LogP contribution is 2.21. The van der Waals surface area contributed by atoms with E-state index in [2.05, 4.69) is 0 Å². The molecule has 4 heteroatoms. The number of carbonyl (C=O) groups is 2. The Balaban J connectivity index is 2.31. The SMILES string of the molecule is CCOC(=O)CC(=O)c1cn(C)c2ccccc12. The molecular formula is C14H15NO3. The molecule has 0 spiro atoms. The molecule has 94 valence electrons. The summed E-state index contributed by atoms with van der Waals surface area (Å²) in [5, 5.41) is 0.870. The normalized spacial score (nSPS) is 10.6. The Morgan fingerprint density at radius 1 is 1.28 bits per heavy atom. The number of fused-ring (bicyclic) bond motifs is 1. The molecule has 2 aromatic rings. The summed E-state index contributed by atoms with van der Waals surface area (Å²) >= 11 is 0. The van der Waals surface area contributed by atoms with Crippen molar-refractivity contribution in [1.29, 1.82) is 0 Å². The predicted octanol–water partition coefficient (Wildman–Crippen LogP) is 2.31. The van der Waals surface area contributed by atoms with Gasteiger partial charge in [-0.25, -0.2) is 0 Å². The van der Waals surface area contributed by atoms with Crippen molar-refractivity contribution in [3.8, 4) is 0 Å². The Kier molecular flexibility index (Phi) is 3.46. The minimum Gasteiger partial charge on any atom is -0.466 e. The summed E-state index contributed by atoms with van der Waals surface area (Å²) in [4.78, 5) is 23.4. The number of aryl methyl sites for hydroxylation is 1. The van der Waals surface area contributed by atoms with Crippen LogP contribution in [-0.4, -0.2) is 22.9 Å². The van der Waals surface area contributed by atoms with Gasteiger partial charge in [0.1, 0.15) is 6.42 Å². The summed E-state index contributed by atoms with van der Waals surface area (Å²) < 4.78 is 6.67. The van der Waals surface area contributed by atoms with Crippen LogP contribution in [0.15, 0.2) is 30.5 Å². The van der Waals surface area contributed by atoms with Crippen LogP contribution in [0.2, 0.25) is 0 Å². The van der Waals surface area contributed by atoms with Crippen LogP contribution in [0.1, 0.15) is 23.7 Å². The summed E-state index contributed by atoms with van der Waals surface area (Å²) in [5.74, 6) is -0.680. The van der Waals surface area contributed by atoms with Crippen molar-refractivity contribution in [3.05, 3.63) is 36.0 Å². The molecule has 2 rings (SSSR count). The molecule has 0 aliphatic heterocycles. The first-order valence-electron chi connectivity index (χ1n) is 5.86. The van der Waals surface area contributed by atoms with Crippen LogP contribution in [0.5, 0.6) is 0 Å². The molecule has 1 aromatic carbocycles. The Bertz CT molecular complexity index is 598. The minimum absolute atomic E-state index is 0.203. The molecule has 0 aliphatic carbocycles. The van der Waals surface area contributed by atoms with Crippen molar-refractivity contribution in [1.82, 2.24) is 4.57 Å². The maximum atomic E-state index is 12.0. The molecule has 0 unspecified atom stereocenters. The second kappa shape index (κ2) is 5.04. The lowest BCUT2D eigenvalue weighted by Crippen LogP contribution is -2.11. The van der Waals surface area contributed by atoms with E-state index in [1.54, 1.807) is 13.1 Å². The van der Waals surface area contributed by atoms with Crippen LogP contribution >= 0.6 is 0 Å². The minimum atomic E-state index is -0.476. The number of carbonyl (C=O) groups excluding carboxylic acids is 2. The van der Waals surface area contributed by atoms with Gasteiger partial charge in [-0.15, -0.1) is 0 Å². The lowest BCUT2D eigenvalue weighted by atomic mass is 10.1. The van der Waals surface area contributed by atoms with Gasteiger partial charge in [-0.05, 0) is 13.0 Å². The zero-order valence-corrected chi connectivity index (χ0v) is 10.5. The molecule has 0 saturated carbocycles. The number of para-hydroxylation sites is 1. The zero-order valence-electron chi connectivity index (χ0n) is 10.5. The van der Waals surface area contributed by atoms with E-state index >= 15 is 0 Å². The molecule has 0 saturated heterocycles. The van der Waals surface area contributed by atoms with E-state index in [-0.39, 0.29) is 12.2 Å².